The second-order valence-corrected chi connectivity index (χ2v) is 9.78. The van der Waals surface area contributed by atoms with Crippen molar-refractivity contribution in [2.24, 2.45) is 0 Å². The number of amides is 1. The number of carbonyl (C=O) groups is 1. The smallest absolute Gasteiger partial charge is 0.240 e. The lowest BCUT2D eigenvalue weighted by Crippen LogP contribution is -2.35. The highest BCUT2D eigenvalue weighted by Crippen LogP contribution is 2.35. The molecule has 0 bridgehead atoms. The molecule has 1 amide bonds. The first-order valence-electron chi connectivity index (χ1n) is 10.2. The lowest BCUT2D eigenvalue weighted by molar-refractivity contribution is -0.116. The van der Waals surface area contributed by atoms with Crippen LogP contribution in [0, 0.1) is 0 Å². The van der Waals surface area contributed by atoms with Crippen LogP contribution in [-0.4, -0.2) is 53.2 Å². The van der Waals surface area contributed by atoms with Crippen molar-refractivity contribution in [2.75, 3.05) is 38.9 Å². The molecule has 0 fully saturated rings. The highest BCUT2D eigenvalue weighted by atomic mass is 32.2. The van der Waals surface area contributed by atoms with Gasteiger partial charge in [-0.2, -0.15) is 0 Å². The van der Waals surface area contributed by atoms with E-state index in [1.807, 2.05) is 37.2 Å². The SMILES string of the molecule is CC(=O)N1CCCc2cc(S(=O)(=O)NC[C@@H](c3ccc4c(c3)OCO4)N(C)C)ccc21. The lowest BCUT2D eigenvalue weighted by Gasteiger charge is -2.29. The van der Waals surface area contributed by atoms with E-state index in [0.29, 0.717) is 18.0 Å². The molecule has 2 aliphatic rings. The third-order valence-corrected chi connectivity index (χ3v) is 7.15. The van der Waals surface area contributed by atoms with Crippen LogP contribution in [0.2, 0.25) is 0 Å². The van der Waals surface area contributed by atoms with Crippen LogP contribution < -0.4 is 19.1 Å². The Morgan fingerprint density at radius 2 is 1.94 bits per heavy atom. The monoisotopic (exact) mass is 445 g/mol. The van der Waals surface area contributed by atoms with Gasteiger partial charge in [0.25, 0.3) is 0 Å². The summed E-state index contributed by atoms with van der Waals surface area (Å²) < 4.78 is 39.6. The van der Waals surface area contributed by atoms with Gasteiger partial charge in [0.15, 0.2) is 11.5 Å². The maximum atomic E-state index is 13.0. The van der Waals surface area contributed by atoms with Gasteiger partial charge in [0.1, 0.15) is 0 Å². The number of hydrogen-bond donors (Lipinski definition) is 1. The average molecular weight is 446 g/mol. The largest absolute Gasteiger partial charge is 0.454 e. The van der Waals surface area contributed by atoms with Crippen LogP contribution >= 0.6 is 0 Å². The van der Waals surface area contributed by atoms with Crippen molar-refractivity contribution >= 4 is 21.6 Å². The Kier molecular flexibility index (Phi) is 5.92. The molecule has 0 saturated heterocycles. The minimum Gasteiger partial charge on any atom is -0.454 e. The lowest BCUT2D eigenvalue weighted by atomic mass is 10.0. The first-order valence-corrected chi connectivity index (χ1v) is 11.7. The molecule has 0 unspecified atom stereocenters. The van der Waals surface area contributed by atoms with Crippen LogP contribution in [0.25, 0.3) is 0 Å². The highest BCUT2D eigenvalue weighted by Gasteiger charge is 2.25. The molecule has 31 heavy (non-hydrogen) atoms. The van der Waals surface area contributed by atoms with Crippen molar-refractivity contribution in [2.45, 2.75) is 30.7 Å². The molecule has 0 radical (unpaired) electrons. The first kappa shape index (κ1) is 21.6. The Balaban J connectivity index is 1.53. The number of nitrogens with zero attached hydrogens (tertiary/aromatic N) is 2. The molecule has 0 spiro atoms. The molecule has 2 heterocycles. The van der Waals surface area contributed by atoms with Gasteiger partial charge in [-0.05, 0) is 68.4 Å². The number of hydrogen-bond acceptors (Lipinski definition) is 6. The van der Waals surface area contributed by atoms with E-state index in [4.69, 9.17) is 9.47 Å². The Morgan fingerprint density at radius 3 is 2.68 bits per heavy atom. The normalized spacial score (nSPS) is 16.3. The van der Waals surface area contributed by atoms with E-state index < -0.39 is 10.0 Å². The summed E-state index contributed by atoms with van der Waals surface area (Å²) in [7, 11) is 0.0875. The number of carbonyl (C=O) groups excluding carboxylic acids is 1. The van der Waals surface area contributed by atoms with E-state index in [2.05, 4.69) is 4.72 Å². The number of likely N-dealkylation sites (N-methyl/N-ethyl adjacent to an activating group) is 1. The Hall–Kier alpha value is -2.62. The van der Waals surface area contributed by atoms with E-state index in [-0.39, 0.29) is 30.2 Å². The molecule has 0 aromatic heterocycles. The van der Waals surface area contributed by atoms with Gasteiger partial charge in [0.05, 0.1) is 4.90 Å². The summed E-state index contributed by atoms with van der Waals surface area (Å²) in [5, 5.41) is 0. The van der Waals surface area contributed by atoms with Crippen molar-refractivity contribution in [1.82, 2.24) is 9.62 Å². The summed E-state index contributed by atoms with van der Waals surface area (Å²) in [6.07, 6.45) is 1.57. The number of fused-ring (bicyclic) bond motifs is 2. The van der Waals surface area contributed by atoms with Gasteiger partial charge in [0, 0.05) is 31.7 Å². The molecule has 1 atom stereocenters. The zero-order valence-electron chi connectivity index (χ0n) is 17.9. The Labute approximate surface area is 182 Å². The predicted octanol–water partition coefficient (Wildman–Crippen LogP) is 2.30. The van der Waals surface area contributed by atoms with Crippen LogP contribution in [0.3, 0.4) is 0 Å². The van der Waals surface area contributed by atoms with E-state index in [1.54, 1.807) is 23.1 Å². The minimum absolute atomic E-state index is 0.0350. The van der Waals surface area contributed by atoms with Gasteiger partial charge in [0.2, 0.25) is 22.7 Å². The summed E-state index contributed by atoms with van der Waals surface area (Å²) in [6.45, 7) is 2.58. The van der Waals surface area contributed by atoms with E-state index >= 15 is 0 Å². The number of benzene rings is 2. The number of ether oxygens (including phenoxy) is 2. The van der Waals surface area contributed by atoms with E-state index in [9.17, 15) is 13.2 Å². The summed E-state index contributed by atoms with van der Waals surface area (Å²) in [6, 6.07) is 10.4. The third-order valence-electron chi connectivity index (χ3n) is 5.73. The van der Waals surface area contributed by atoms with Gasteiger partial charge in [-0.1, -0.05) is 6.07 Å². The van der Waals surface area contributed by atoms with Crippen LogP contribution in [0.5, 0.6) is 11.5 Å². The molecule has 4 rings (SSSR count). The van der Waals surface area contributed by atoms with Crippen LogP contribution in [-0.2, 0) is 21.2 Å². The van der Waals surface area contributed by atoms with Crippen molar-refractivity contribution in [3.05, 3.63) is 47.5 Å². The Bertz CT molecular complexity index is 1100. The van der Waals surface area contributed by atoms with Crippen LogP contribution in [0.1, 0.15) is 30.5 Å². The molecule has 9 heteroatoms. The molecular formula is C22H27N3O5S. The fourth-order valence-corrected chi connectivity index (χ4v) is 5.15. The fraction of sp³-hybridized carbons (Fsp3) is 0.409. The minimum atomic E-state index is -3.72. The molecule has 1 N–H and O–H groups in total. The number of aryl methyl sites for hydroxylation is 1. The summed E-state index contributed by atoms with van der Waals surface area (Å²) in [5.74, 6) is 1.32. The van der Waals surface area contributed by atoms with Crippen LogP contribution in [0.15, 0.2) is 41.3 Å². The summed E-state index contributed by atoms with van der Waals surface area (Å²) in [4.78, 5) is 15.7. The molecule has 0 aliphatic carbocycles. The van der Waals surface area contributed by atoms with E-state index in [1.165, 1.54) is 6.92 Å². The quantitative estimate of drug-likeness (QED) is 0.734. The zero-order chi connectivity index (χ0) is 22.2. The molecule has 2 aromatic carbocycles. The fourth-order valence-electron chi connectivity index (χ4n) is 4.06. The van der Waals surface area contributed by atoms with Crippen molar-refractivity contribution < 1.29 is 22.7 Å². The maximum Gasteiger partial charge on any atom is 0.240 e. The summed E-state index contributed by atoms with van der Waals surface area (Å²) >= 11 is 0. The van der Waals surface area contributed by atoms with Crippen molar-refractivity contribution in [3.63, 3.8) is 0 Å². The molecule has 2 aliphatic heterocycles. The van der Waals surface area contributed by atoms with Gasteiger partial charge >= 0.3 is 0 Å². The highest BCUT2D eigenvalue weighted by molar-refractivity contribution is 7.89. The number of nitrogens with one attached hydrogen (secondary N) is 1. The van der Waals surface area contributed by atoms with Gasteiger partial charge in [-0.15, -0.1) is 0 Å². The van der Waals surface area contributed by atoms with Gasteiger partial charge in [-0.25, -0.2) is 13.1 Å². The molecule has 166 valence electrons. The maximum absolute atomic E-state index is 13.0. The summed E-state index contributed by atoms with van der Waals surface area (Å²) in [5.41, 5.74) is 2.60. The van der Waals surface area contributed by atoms with Crippen molar-refractivity contribution in [1.29, 1.82) is 0 Å². The number of sulfonamides is 1. The third kappa shape index (κ3) is 4.39. The second kappa shape index (κ2) is 8.49. The molecule has 0 saturated carbocycles. The second-order valence-electron chi connectivity index (χ2n) is 8.01. The van der Waals surface area contributed by atoms with Gasteiger partial charge < -0.3 is 19.3 Å². The standard InChI is InChI=1S/C22H27N3O5S/c1-15(26)25-10-4-5-16-11-18(7-8-19(16)25)31(27,28)23-13-20(24(2)3)17-6-9-21-22(12-17)30-14-29-21/h6-9,11-12,20,23H,4-5,10,13-14H2,1-3H3/t20-/m0/s1. The van der Waals surface area contributed by atoms with Gasteiger partial charge in [-0.3, -0.25) is 4.79 Å². The first-order chi connectivity index (χ1) is 14.8. The molecular weight excluding hydrogens is 418 g/mol. The molecule has 2 aromatic rings. The predicted molar refractivity (Wildman–Crippen MR) is 117 cm³/mol. The number of rotatable bonds is 6. The van der Waals surface area contributed by atoms with Crippen molar-refractivity contribution in [3.8, 4) is 11.5 Å². The van der Waals surface area contributed by atoms with E-state index in [0.717, 1.165) is 29.7 Å². The topological polar surface area (TPSA) is 88.2 Å². The van der Waals surface area contributed by atoms with Crippen LogP contribution in [0.4, 0.5) is 5.69 Å². The Morgan fingerprint density at radius 1 is 1.16 bits per heavy atom. The molecule has 8 nitrogen and oxygen atoms in total. The number of anilines is 1. The zero-order valence-corrected chi connectivity index (χ0v) is 18.7. The average Bonchev–Trinajstić information content (AvgIpc) is 3.20.